The molecule has 1 unspecified atom stereocenters. The van der Waals surface area contributed by atoms with E-state index >= 15 is 0 Å². The number of nitriles is 1. The molecule has 3 aromatic rings. The number of halogens is 2. The van der Waals surface area contributed by atoms with E-state index in [-0.39, 0.29) is 35.9 Å². The smallest absolute Gasteiger partial charge is 0.296 e. The summed E-state index contributed by atoms with van der Waals surface area (Å²) in [6, 6.07) is 14.7. The lowest BCUT2D eigenvalue weighted by atomic mass is 9.68. The number of hydrogen-bond donors (Lipinski definition) is 1. The summed E-state index contributed by atoms with van der Waals surface area (Å²) in [5.74, 6) is -1.11. The number of benzene rings is 3. The topological polar surface area (TPSA) is 122 Å². The van der Waals surface area contributed by atoms with Gasteiger partial charge in [0.2, 0.25) is 0 Å². The molecule has 3 aromatic carbocycles. The summed E-state index contributed by atoms with van der Waals surface area (Å²) < 4.78 is 20.3. The molecular weight excluding hydrogens is 583 g/mol. The van der Waals surface area contributed by atoms with Crippen LogP contribution in [0.15, 0.2) is 71.2 Å². The van der Waals surface area contributed by atoms with E-state index in [4.69, 9.17) is 22.1 Å². The van der Waals surface area contributed by atoms with Gasteiger partial charge in [-0.05, 0) is 90.8 Å². The Kier molecular flexibility index (Phi) is 8.00. The Bertz CT molecular complexity index is 1840. The molecule has 0 fully saturated rings. The van der Waals surface area contributed by atoms with Crippen molar-refractivity contribution in [1.29, 1.82) is 5.26 Å². The number of nitrogens with zero attached hydrogens (tertiary/aromatic N) is 3. The van der Waals surface area contributed by atoms with E-state index in [0.717, 1.165) is 39.9 Å². The second kappa shape index (κ2) is 11.4. The molecule has 1 aliphatic heterocycles. The minimum absolute atomic E-state index is 0.00819. The van der Waals surface area contributed by atoms with E-state index in [1.165, 1.54) is 11.0 Å². The molecule has 2 aliphatic rings. The number of nitrogens with two attached hydrogens (primary N) is 1. The third kappa shape index (κ3) is 5.53. The van der Waals surface area contributed by atoms with Gasteiger partial charge < -0.3 is 10.5 Å². The van der Waals surface area contributed by atoms with Gasteiger partial charge in [-0.3, -0.25) is 19.8 Å². The third-order valence-electron chi connectivity index (χ3n) is 8.31. The summed E-state index contributed by atoms with van der Waals surface area (Å²) in [6.07, 6.45) is 0.576. The molecule has 5 rings (SSSR count). The number of ether oxygens (including phenoxy) is 1. The van der Waals surface area contributed by atoms with Crippen LogP contribution in [0.4, 0.5) is 15.8 Å². The lowest BCUT2D eigenvalue weighted by molar-refractivity contribution is -0.384. The maximum absolute atomic E-state index is 14.1. The van der Waals surface area contributed by atoms with Gasteiger partial charge in [-0.2, -0.15) is 5.26 Å². The standard InChI is InChI=1S/C34H32ClFN4O4/c1-18-10-19(2)24(12-21(18)17-44-30-9-6-22(35)11-20(30)3)31-25(16-37)33(38)39(26-8-7-23(36)13-27(26)40(42)43)28-14-34(4,5)15-29(41)32(28)31/h6-13,31H,14-15,17,38H2,1-5H3. The molecule has 0 radical (unpaired) electrons. The minimum atomic E-state index is -0.800. The normalized spacial score (nSPS) is 17.8. The van der Waals surface area contributed by atoms with Crippen LogP contribution < -0.4 is 15.4 Å². The third-order valence-corrected chi connectivity index (χ3v) is 8.55. The van der Waals surface area contributed by atoms with Gasteiger partial charge in [-0.25, -0.2) is 4.39 Å². The van der Waals surface area contributed by atoms with Crippen molar-refractivity contribution in [2.45, 2.75) is 60.0 Å². The van der Waals surface area contributed by atoms with Gasteiger partial charge in [0.1, 0.15) is 29.7 Å². The van der Waals surface area contributed by atoms with Crippen molar-refractivity contribution in [1.82, 2.24) is 0 Å². The van der Waals surface area contributed by atoms with Crippen molar-refractivity contribution in [3.05, 3.63) is 120 Å². The first-order valence-corrected chi connectivity index (χ1v) is 14.5. The average Bonchev–Trinajstić information content (AvgIpc) is 2.92. The molecule has 1 atom stereocenters. The van der Waals surface area contributed by atoms with E-state index < -0.39 is 27.8 Å². The number of carbonyl (C=O) groups excluding carboxylic acids is 1. The number of ketones is 1. The zero-order valence-corrected chi connectivity index (χ0v) is 25.9. The summed E-state index contributed by atoms with van der Waals surface area (Å²) in [7, 11) is 0. The van der Waals surface area contributed by atoms with Crippen LogP contribution in [0, 0.1) is 53.4 Å². The average molecular weight is 615 g/mol. The van der Waals surface area contributed by atoms with Crippen molar-refractivity contribution in [3.8, 4) is 11.8 Å². The Balaban J connectivity index is 1.70. The highest BCUT2D eigenvalue weighted by molar-refractivity contribution is 6.30. The molecule has 44 heavy (non-hydrogen) atoms. The molecule has 0 amide bonds. The van der Waals surface area contributed by atoms with Crippen LogP contribution in [-0.4, -0.2) is 10.7 Å². The lowest BCUT2D eigenvalue weighted by Crippen LogP contribution is -2.42. The van der Waals surface area contributed by atoms with Crippen LogP contribution in [0.3, 0.4) is 0 Å². The maximum atomic E-state index is 14.1. The second-order valence-electron chi connectivity index (χ2n) is 12.2. The largest absolute Gasteiger partial charge is 0.489 e. The molecule has 0 spiro atoms. The fourth-order valence-corrected chi connectivity index (χ4v) is 6.47. The first-order valence-electron chi connectivity index (χ1n) is 14.1. The fraction of sp³-hybridized carbons (Fsp3) is 0.294. The van der Waals surface area contributed by atoms with E-state index in [1.807, 2.05) is 58.9 Å². The zero-order valence-electron chi connectivity index (χ0n) is 25.1. The highest BCUT2D eigenvalue weighted by Crippen LogP contribution is 2.52. The summed E-state index contributed by atoms with van der Waals surface area (Å²) in [5.41, 5.74) is 10.9. The van der Waals surface area contributed by atoms with Crippen LogP contribution in [0.5, 0.6) is 5.75 Å². The van der Waals surface area contributed by atoms with Gasteiger partial charge in [0, 0.05) is 22.7 Å². The number of allylic oxidation sites excluding steroid dienone is 3. The van der Waals surface area contributed by atoms with Gasteiger partial charge in [-0.1, -0.05) is 37.6 Å². The Hall–Kier alpha value is -4.68. The molecule has 8 nitrogen and oxygen atoms in total. The van der Waals surface area contributed by atoms with Crippen LogP contribution >= 0.6 is 11.6 Å². The van der Waals surface area contributed by atoms with Gasteiger partial charge in [0.05, 0.1) is 28.5 Å². The number of nitro groups is 1. The van der Waals surface area contributed by atoms with E-state index in [1.54, 1.807) is 6.07 Å². The molecule has 1 heterocycles. The number of carbonyl (C=O) groups is 1. The van der Waals surface area contributed by atoms with Gasteiger partial charge >= 0.3 is 0 Å². The molecule has 0 aromatic heterocycles. The van der Waals surface area contributed by atoms with Crippen molar-refractivity contribution < 1.29 is 18.8 Å². The number of nitro benzene ring substituents is 1. The van der Waals surface area contributed by atoms with Crippen LogP contribution in [-0.2, 0) is 11.4 Å². The number of rotatable bonds is 6. The zero-order chi connectivity index (χ0) is 32.1. The number of Topliss-reactive ketones (excluding diaryl/α,β-unsaturated/α-hetero) is 1. The van der Waals surface area contributed by atoms with Gasteiger partial charge in [0.25, 0.3) is 5.69 Å². The van der Waals surface area contributed by atoms with Crippen LogP contribution in [0.2, 0.25) is 5.02 Å². The monoisotopic (exact) mass is 614 g/mol. The molecule has 0 saturated heterocycles. The van der Waals surface area contributed by atoms with Crippen molar-refractivity contribution in [2.75, 3.05) is 4.90 Å². The van der Waals surface area contributed by atoms with Crippen molar-refractivity contribution >= 4 is 28.8 Å². The molecule has 0 bridgehead atoms. The van der Waals surface area contributed by atoms with Crippen LogP contribution in [0.1, 0.15) is 60.4 Å². The Morgan fingerprint density at radius 1 is 1.11 bits per heavy atom. The van der Waals surface area contributed by atoms with Gasteiger partial charge in [0.15, 0.2) is 5.78 Å². The van der Waals surface area contributed by atoms with Gasteiger partial charge in [-0.15, -0.1) is 0 Å². The Morgan fingerprint density at radius 2 is 1.84 bits per heavy atom. The molecule has 10 heteroatoms. The minimum Gasteiger partial charge on any atom is -0.489 e. The van der Waals surface area contributed by atoms with Crippen molar-refractivity contribution in [2.24, 2.45) is 11.1 Å². The van der Waals surface area contributed by atoms with E-state index in [0.29, 0.717) is 28.5 Å². The molecule has 1 aliphatic carbocycles. The van der Waals surface area contributed by atoms with Crippen molar-refractivity contribution in [3.63, 3.8) is 0 Å². The molecule has 0 saturated carbocycles. The summed E-state index contributed by atoms with van der Waals surface area (Å²) >= 11 is 6.11. The predicted octanol–water partition coefficient (Wildman–Crippen LogP) is 7.83. The fourth-order valence-electron chi connectivity index (χ4n) is 6.24. The molecule has 2 N–H and O–H groups in total. The van der Waals surface area contributed by atoms with E-state index in [2.05, 4.69) is 6.07 Å². The number of hydrogen-bond acceptors (Lipinski definition) is 7. The van der Waals surface area contributed by atoms with Crippen LogP contribution in [0.25, 0.3) is 0 Å². The Morgan fingerprint density at radius 3 is 2.50 bits per heavy atom. The molecule has 226 valence electrons. The predicted molar refractivity (Wildman–Crippen MR) is 167 cm³/mol. The summed E-state index contributed by atoms with van der Waals surface area (Å²) in [6.45, 7) is 9.89. The summed E-state index contributed by atoms with van der Waals surface area (Å²) in [5, 5.41) is 23.1. The number of aryl methyl sites for hydroxylation is 3. The quantitative estimate of drug-likeness (QED) is 0.222. The number of anilines is 1. The first kappa shape index (κ1) is 30.8. The first-order chi connectivity index (χ1) is 20.7. The SMILES string of the molecule is Cc1cc(C)c(C2C(C#N)=C(N)N(c3ccc(F)cc3[N+](=O)[O-])C3=C2C(=O)CC(C)(C)C3)cc1COc1ccc(Cl)cc1C. The van der Waals surface area contributed by atoms with E-state index in [9.17, 15) is 24.6 Å². The Labute approximate surface area is 260 Å². The lowest BCUT2D eigenvalue weighted by Gasteiger charge is -2.43. The second-order valence-corrected chi connectivity index (χ2v) is 12.6. The summed E-state index contributed by atoms with van der Waals surface area (Å²) in [4.78, 5) is 26.7. The molecular formula is C34H32ClFN4O4. The maximum Gasteiger partial charge on any atom is 0.296 e. The highest BCUT2D eigenvalue weighted by atomic mass is 35.5. The highest BCUT2D eigenvalue weighted by Gasteiger charge is 2.46.